The lowest BCUT2D eigenvalue weighted by Crippen LogP contribution is -2.40. The number of amides is 3. The fourth-order valence-electron chi connectivity index (χ4n) is 3.52. The zero-order valence-electron chi connectivity index (χ0n) is 17.1. The highest BCUT2D eigenvalue weighted by Gasteiger charge is 2.37. The Morgan fingerprint density at radius 2 is 1.72 bits per heavy atom. The van der Waals surface area contributed by atoms with Gasteiger partial charge < -0.3 is 9.64 Å². The molecule has 0 atom stereocenters. The van der Waals surface area contributed by atoms with Crippen molar-refractivity contribution in [2.45, 2.75) is 19.4 Å². The van der Waals surface area contributed by atoms with Crippen LogP contribution in [0.15, 0.2) is 47.4 Å². The molecular formula is C23H20I2N2O4S. The van der Waals surface area contributed by atoms with Gasteiger partial charge in [0.25, 0.3) is 11.1 Å². The van der Waals surface area contributed by atoms with E-state index in [9.17, 15) is 14.4 Å². The van der Waals surface area contributed by atoms with Crippen LogP contribution in [0, 0.1) is 7.14 Å². The number of thioether (sulfide) groups is 1. The van der Waals surface area contributed by atoms with Crippen molar-refractivity contribution in [2.24, 2.45) is 0 Å². The van der Waals surface area contributed by atoms with Crippen molar-refractivity contribution < 1.29 is 19.1 Å². The number of hydrogen-bond donors (Lipinski definition) is 0. The van der Waals surface area contributed by atoms with Gasteiger partial charge in [0, 0.05) is 13.1 Å². The Morgan fingerprint density at radius 3 is 2.38 bits per heavy atom. The van der Waals surface area contributed by atoms with E-state index in [2.05, 4.69) is 45.2 Å². The first-order chi connectivity index (χ1) is 15.4. The second-order valence-electron chi connectivity index (χ2n) is 7.44. The van der Waals surface area contributed by atoms with Gasteiger partial charge >= 0.3 is 0 Å². The number of likely N-dealkylation sites (tertiary alicyclic amines) is 1. The zero-order valence-corrected chi connectivity index (χ0v) is 22.2. The van der Waals surface area contributed by atoms with E-state index < -0.39 is 11.1 Å². The number of ether oxygens (including phenoxy) is 1. The van der Waals surface area contributed by atoms with Crippen LogP contribution >= 0.6 is 56.9 Å². The maximum atomic E-state index is 12.8. The first kappa shape index (κ1) is 23.6. The summed E-state index contributed by atoms with van der Waals surface area (Å²) < 4.78 is 7.85. The van der Waals surface area contributed by atoms with Crippen molar-refractivity contribution in [3.05, 3.63) is 65.6 Å². The average molecular weight is 674 g/mol. The van der Waals surface area contributed by atoms with E-state index in [4.69, 9.17) is 4.74 Å². The molecule has 0 radical (unpaired) electrons. The summed E-state index contributed by atoms with van der Waals surface area (Å²) >= 11 is 5.30. The number of carbonyl (C=O) groups excluding carboxylic acids is 3. The van der Waals surface area contributed by atoms with Crippen LogP contribution in [-0.2, 0) is 16.2 Å². The first-order valence-corrected chi connectivity index (χ1v) is 13.1. The number of rotatable bonds is 6. The Morgan fingerprint density at radius 1 is 1.06 bits per heavy atom. The molecule has 2 fully saturated rings. The van der Waals surface area contributed by atoms with Gasteiger partial charge in [0.1, 0.15) is 18.9 Å². The molecule has 2 aliphatic heterocycles. The summed E-state index contributed by atoms with van der Waals surface area (Å²) in [7, 11) is 0. The SMILES string of the molecule is O=C(CN1C(=O)S/C(=C\c2cc(I)c(OCc3ccccc3)c(I)c2)C1=O)N1CCCC1. The zero-order chi connectivity index (χ0) is 22.7. The van der Waals surface area contributed by atoms with Crippen LogP contribution in [0.1, 0.15) is 24.0 Å². The van der Waals surface area contributed by atoms with Crippen LogP contribution in [0.25, 0.3) is 6.08 Å². The van der Waals surface area contributed by atoms with E-state index in [1.165, 1.54) is 0 Å². The van der Waals surface area contributed by atoms with Gasteiger partial charge in [-0.1, -0.05) is 30.3 Å². The third-order valence-electron chi connectivity index (χ3n) is 5.17. The van der Waals surface area contributed by atoms with Gasteiger partial charge in [-0.25, -0.2) is 0 Å². The lowest BCUT2D eigenvalue weighted by molar-refractivity contribution is -0.135. The van der Waals surface area contributed by atoms with Crippen LogP contribution in [0.2, 0.25) is 0 Å². The highest BCUT2D eigenvalue weighted by molar-refractivity contribution is 14.1. The normalized spacial score (nSPS) is 17.5. The Bertz CT molecular complexity index is 1060. The van der Waals surface area contributed by atoms with Crippen molar-refractivity contribution in [2.75, 3.05) is 19.6 Å². The minimum absolute atomic E-state index is 0.171. The predicted octanol–water partition coefficient (Wildman–Crippen LogP) is 5.13. The van der Waals surface area contributed by atoms with Gasteiger partial charge in [-0.15, -0.1) is 0 Å². The molecular weight excluding hydrogens is 654 g/mol. The maximum Gasteiger partial charge on any atom is 0.294 e. The number of benzene rings is 2. The van der Waals surface area contributed by atoms with E-state index in [1.807, 2.05) is 42.5 Å². The Balaban J connectivity index is 1.46. The number of imide groups is 1. The minimum Gasteiger partial charge on any atom is -0.487 e. The van der Waals surface area contributed by atoms with Gasteiger partial charge in [-0.3, -0.25) is 19.3 Å². The van der Waals surface area contributed by atoms with E-state index >= 15 is 0 Å². The largest absolute Gasteiger partial charge is 0.487 e. The van der Waals surface area contributed by atoms with E-state index in [0.29, 0.717) is 24.6 Å². The molecule has 2 aromatic carbocycles. The fraction of sp³-hybridized carbons (Fsp3) is 0.261. The minimum atomic E-state index is -0.415. The third-order valence-corrected chi connectivity index (χ3v) is 7.68. The molecule has 166 valence electrons. The summed E-state index contributed by atoms with van der Waals surface area (Å²) in [6.45, 7) is 1.67. The molecule has 0 saturated carbocycles. The van der Waals surface area contributed by atoms with Crippen LogP contribution in [-0.4, -0.2) is 46.5 Å². The third kappa shape index (κ3) is 5.48. The number of halogens is 2. The molecule has 2 heterocycles. The van der Waals surface area contributed by atoms with Gasteiger partial charge in [0.2, 0.25) is 5.91 Å². The van der Waals surface area contributed by atoms with Gasteiger partial charge in [-0.2, -0.15) is 0 Å². The topological polar surface area (TPSA) is 66.9 Å². The molecule has 0 aliphatic carbocycles. The van der Waals surface area contributed by atoms with Crippen molar-refractivity contribution in [3.63, 3.8) is 0 Å². The quantitative estimate of drug-likeness (QED) is 0.314. The summed E-state index contributed by atoms with van der Waals surface area (Å²) in [6, 6.07) is 13.8. The van der Waals surface area contributed by atoms with Crippen molar-refractivity contribution in [3.8, 4) is 5.75 Å². The molecule has 6 nitrogen and oxygen atoms in total. The lowest BCUT2D eigenvalue weighted by atomic mass is 10.2. The van der Waals surface area contributed by atoms with E-state index in [0.717, 1.165) is 53.5 Å². The molecule has 0 unspecified atom stereocenters. The standard InChI is InChI=1S/C23H20I2N2O4S/c24-17-10-16(11-18(25)21(17)31-14-15-6-2-1-3-7-15)12-19-22(29)27(23(30)32-19)13-20(28)26-8-4-5-9-26/h1-3,6-7,10-12H,4-5,8-9,13-14H2/b19-12-. The van der Waals surface area contributed by atoms with Crippen LogP contribution in [0.3, 0.4) is 0 Å². The number of hydrogen-bond acceptors (Lipinski definition) is 5. The molecule has 0 aromatic heterocycles. The van der Waals surface area contributed by atoms with Gasteiger partial charge in [0.05, 0.1) is 12.0 Å². The average Bonchev–Trinajstić information content (AvgIpc) is 3.39. The Labute approximate surface area is 218 Å². The monoisotopic (exact) mass is 674 g/mol. The second-order valence-corrected chi connectivity index (χ2v) is 10.8. The van der Waals surface area contributed by atoms with E-state index in [-0.39, 0.29) is 12.5 Å². The predicted molar refractivity (Wildman–Crippen MR) is 141 cm³/mol. The fourth-order valence-corrected chi connectivity index (χ4v) is 6.49. The highest BCUT2D eigenvalue weighted by Crippen LogP contribution is 2.35. The van der Waals surface area contributed by atoms with Crippen LogP contribution < -0.4 is 4.74 Å². The van der Waals surface area contributed by atoms with Gasteiger partial charge in [0.15, 0.2) is 0 Å². The second kappa shape index (κ2) is 10.6. The van der Waals surface area contributed by atoms with Gasteiger partial charge in [-0.05, 0) is 99.1 Å². The van der Waals surface area contributed by atoms with Crippen LogP contribution in [0.5, 0.6) is 5.75 Å². The number of carbonyl (C=O) groups is 3. The van der Waals surface area contributed by atoms with Crippen LogP contribution in [0.4, 0.5) is 4.79 Å². The Hall–Kier alpha value is -1.60. The first-order valence-electron chi connectivity index (χ1n) is 10.1. The summed E-state index contributed by atoms with van der Waals surface area (Å²) in [6.07, 6.45) is 3.64. The van der Waals surface area contributed by atoms with E-state index in [1.54, 1.807) is 11.0 Å². The summed E-state index contributed by atoms with van der Waals surface area (Å²) in [5.41, 5.74) is 1.89. The van der Waals surface area contributed by atoms with Crippen molar-refractivity contribution >= 4 is 80.1 Å². The molecule has 2 aliphatic rings. The Kier molecular flexibility index (Phi) is 7.77. The molecule has 32 heavy (non-hydrogen) atoms. The summed E-state index contributed by atoms with van der Waals surface area (Å²) in [4.78, 5) is 40.6. The summed E-state index contributed by atoms with van der Waals surface area (Å²) in [5, 5.41) is -0.402. The molecule has 2 saturated heterocycles. The molecule has 2 aromatic rings. The lowest BCUT2D eigenvalue weighted by Gasteiger charge is -2.18. The maximum absolute atomic E-state index is 12.8. The van der Waals surface area contributed by atoms with Crippen molar-refractivity contribution in [1.82, 2.24) is 9.80 Å². The van der Waals surface area contributed by atoms with Crippen molar-refractivity contribution in [1.29, 1.82) is 0 Å². The molecule has 9 heteroatoms. The molecule has 0 bridgehead atoms. The number of nitrogens with zero attached hydrogens (tertiary/aromatic N) is 2. The molecule has 4 rings (SSSR count). The molecule has 3 amide bonds. The molecule has 0 spiro atoms. The highest BCUT2D eigenvalue weighted by atomic mass is 127. The smallest absolute Gasteiger partial charge is 0.294 e. The summed E-state index contributed by atoms with van der Waals surface area (Å²) in [5.74, 6) is 0.202. The molecule has 0 N–H and O–H groups in total.